The van der Waals surface area contributed by atoms with Gasteiger partial charge in [-0.25, -0.2) is 0 Å². The zero-order chi connectivity index (χ0) is 21.3. The van der Waals surface area contributed by atoms with Crippen LogP contribution in [-0.4, -0.2) is 26.6 Å². The van der Waals surface area contributed by atoms with E-state index in [2.05, 4.69) is 4.98 Å². The number of rotatable bonds is 6. The Balaban J connectivity index is 1.59. The summed E-state index contributed by atoms with van der Waals surface area (Å²) < 4.78 is 5.85. The number of carbonyl (C=O) groups is 2. The SMILES string of the molecule is O=C1c2ccc([N+](=O)[O-])cc2C(=O)N1Cc1cc(Cl)ccc1OCc1cccnc1. The van der Waals surface area contributed by atoms with Gasteiger partial charge in [0.2, 0.25) is 0 Å². The van der Waals surface area contributed by atoms with Crippen molar-refractivity contribution in [3.63, 3.8) is 0 Å². The molecule has 0 saturated carbocycles. The summed E-state index contributed by atoms with van der Waals surface area (Å²) in [5.41, 5.74) is 1.28. The smallest absolute Gasteiger partial charge is 0.270 e. The Kier molecular flexibility index (Phi) is 5.16. The molecule has 1 aliphatic rings. The molecule has 0 bridgehead atoms. The zero-order valence-corrected chi connectivity index (χ0v) is 16.2. The topological polar surface area (TPSA) is 103 Å². The van der Waals surface area contributed by atoms with Crippen molar-refractivity contribution in [1.29, 1.82) is 0 Å². The minimum absolute atomic E-state index is 0.00839. The maximum Gasteiger partial charge on any atom is 0.270 e. The lowest BCUT2D eigenvalue weighted by atomic mass is 10.1. The van der Waals surface area contributed by atoms with Gasteiger partial charge in [-0.2, -0.15) is 0 Å². The Morgan fingerprint density at radius 2 is 1.87 bits per heavy atom. The van der Waals surface area contributed by atoms with E-state index in [-0.39, 0.29) is 30.0 Å². The Labute approximate surface area is 175 Å². The highest BCUT2D eigenvalue weighted by atomic mass is 35.5. The number of fused-ring (bicyclic) bond motifs is 1. The third kappa shape index (κ3) is 3.72. The predicted octanol–water partition coefficient (Wildman–Crippen LogP) is 4.02. The Morgan fingerprint density at radius 3 is 2.60 bits per heavy atom. The van der Waals surface area contributed by atoms with Crippen molar-refractivity contribution in [2.75, 3.05) is 0 Å². The second-order valence-corrected chi connectivity index (χ2v) is 7.02. The molecule has 9 heteroatoms. The fourth-order valence-corrected chi connectivity index (χ4v) is 3.36. The van der Waals surface area contributed by atoms with E-state index in [9.17, 15) is 19.7 Å². The van der Waals surface area contributed by atoms with Crippen molar-refractivity contribution >= 4 is 29.1 Å². The van der Waals surface area contributed by atoms with Crippen LogP contribution in [0, 0.1) is 10.1 Å². The molecule has 30 heavy (non-hydrogen) atoms. The summed E-state index contributed by atoms with van der Waals surface area (Å²) in [4.78, 5) is 40.9. The van der Waals surface area contributed by atoms with Crippen LogP contribution in [0.15, 0.2) is 60.9 Å². The van der Waals surface area contributed by atoms with E-state index in [1.807, 2.05) is 6.07 Å². The van der Waals surface area contributed by atoms with Crippen LogP contribution in [0.2, 0.25) is 5.02 Å². The van der Waals surface area contributed by atoms with Gasteiger partial charge < -0.3 is 4.74 Å². The first-order valence-electron chi connectivity index (χ1n) is 8.89. The Bertz CT molecular complexity index is 1170. The lowest BCUT2D eigenvalue weighted by Crippen LogP contribution is -2.29. The molecular weight excluding hydrogens is 410 g/mol. The first kappa shape index (κ1) is 19.5. The Hall–Kier alpha value is -3.78. The van der Waals surface area contributed by atoms with Crippen molar-refractivity contribution in [2.24, 2.45) is 0 Å². The molecule has 0 aliphatic carbocycles. The highest BCUT2D eigenvalue weighted by molar-refractivity contribution is 6.30. The number of amides is 2. The molecule has 1 aliphatic heterocycles. The number of hydrogen-bond donors (Lipinski definition) is 0. The van der Waals surface area contributed by atoms with Crippen LogP contribution in [0.4, 0.5) is 5.69 Å². The molecule has 0 atom stereocenters. The molecule has 0 fully saturated rings. The van der Waals surface area contributed by atoms with Crippen LogP contribution in [0.3, 0.4) is 0 Å². The van der Waals surface area contributed by atoms with Gasteiger partial charge in [-0.3, -0.25) is 29.6 Å². The van der Waals surface area contributed by atoms with Crippen molar-refractivity contribution in [1.82, 2.24) is 9.88 Å². The number of hydrogen-bond acceptors (Lipinski definition) is 6. The molecule has 0 N–H and O–H groups in total. The van der Waals surface area contributed by atoms with Crippen LogP contribution >= 0.6 is 11.6 Å². The molecule has 0 unspecified atom stereocenters. The lowest BCUT2D eigenvalue weighted by Gasteiger charge is -2.17. The number of halogens is 1. The summed E-state index contributed by atoms with van der Waals surface area (Å²) in [5.74, 6) is -0.661. The second-order valence-electron chi connectivity index (χ2n) is 6.59. The van der Waals surface area contributed by atoms with E-state index < -0.39 is 16.7 Å². The van der Waals surface area contributed by atoms with Crippen LogP contribution in [0.5, 0.6) is 5.75 Å². The van der Waals surface area contributed by atoms with Gasteiger partial charge in [-0.15, -0.1) is 0 Å². The summed E-state index contributed by atoms with van der Waals surface area (Å²) in [6.07, 6.45) is 3.33. The van der Waals surface area contributed by atoms with Gasteiger partial charge in [0.1, 0.15) is 12.4 Å². The van der Waals surface area contributed by atoms with Gasteiger partial charge in [0, 0.05) is 40.7 Å². The van der Waals surface area contributed by atoms with Gasteiger partial charge in [0.25, 0.3) is 17.5 Å². The van der Waals surface area contributed by atoms with E-state index >= 15 is 0 Å². The van der Waals surface area contributed by atoms with E-state index in [1.54, 1.807) is 36.7 Å². The van der Waals surface area contributed by atoms with Gasteiger partial charge in [0.05, 0.1) is 22.6 Å². The standard InChI is InChI=1S/C21H14ClN3O5/c22-15-3-6-19(30-12-13-2-1-7-23-10-13)14(8-15)11-24-20(26)17-5-4-16(25(28)29)9-18(17)21(24)27/h1-10H,11-12H2. The Morgan fingerprint density at radius 1 is 1.07 bits per heavy atom. The maximum atomic E-state index is 12.8. The molecule has 4 rings (SSSR count). The second kappa shape index (κ2) is 7.92. The van der Waals surface area contributed by atoms with Crippen molar-refractivity contribution in [2.45, 2.75) is 13.2 Å². The molecule has 0 spiro atoms. The number of ether oxygens (including phenoxy) is 1. The first-order chi connectivity index (χ1) is 14.4. The number of non-ortho nitro benzene ring substituents is 1. The normalized spacial score (nSPS) is 12.8. The fraction of sp³-hybridized carbons (Fsp3) is 0.0952. The largest absolute Gasteiger partial charge is 0.488 e. The van der Waals surface area contributed by atoms with Crippen molar-refractivity contribution < 1.29 is 19.2 Å². The number of nitrogens with zero attached hydrogens (tertiary/aromatic N) is 3. The maximum absolute atomic E-state index is 12.8. The van der Waals surface area contributed by atoms with Crippen LogP contribution < -0.4 is 4.74 Å². The van der Waals surface area contributed by atoms with Crippen molar-refractivity contribution in [3.05, 3.63) is 98.3 Å². The fourth-order valence-electron chi connectivity index (χ4n) is 3.16. The van der Waals surface area contributed by atoms with E-state index in [4.69, 9.17) is 16.3 Å². The monoisotopic (exact) mass is 423 g/mol. The van der Waals surface area contributed by atoms with E-state index in [0.29, 0.717) is 16.3 Å². The lowest BCUT2D eigenvalue weighted by molar-refractivity contribution is -0.384. The molecule has 1 aromatic heterocycles. The summed E-state index contributed by atoms with van der Waals surface area (Å²) in [6, 6.07) is 12.2. The minimum atomic E-state index is -0.609. The molecule has 8 nitrogen and oxygen atoms in total. The third-order valence-electron chi connectivity index (χ3n) is 4.63. The summed E-state index contributed by atoms with van der Waals surface area (Å²) in [6.45, 7) is 0.167. The van der Waals surface area contributed by atoms with Crippen LogP contribution in [-0.2, 0) is 13.2 Å². The third-order valence-corrected chi connectivity index (χ3v) is 4.87. The predicted molar refractivity (Wildman–Crippen MR) is 107 cm³/mol. The number of carbonyl (C=O) groups excluding carboxylic acids is 2. The molecule has 3 aromatic rings. The van der Waals surface area contributed by atoms with Gasteiger partial charge >= 0.3 is 0 Å². The zero-order valence-electron chi connectivity index (χ0n) is 15.4. The molecule has 2 aromatic carbocycles. The molecule has 150 valence electrons. The van der Waals surface area contributed by atoms with Gasteiger partial charge in [-0.1, -0.05) is 17.7 Å². The number of imide groups is 1. The highest BCUT2D eigenvalue weighted by Crippen LogP contribution is 2.31. The number of nitro groups is 1. The minimum Gasteiger partial charge on any atom is -0.488 e. The number of pyridine rings is 1. The summed E-state index contributed by atoms with van der Waals surface area (Å²) >= 11 is 6.11. The number of aromatic nitrogens is 1. The molecule has 2 heterocycles. The van der Waals surface area contributed by atoms with Gasteiger partial charge in [0.15, 0.2) is 0 Å². The first-order valence-corrected chi connectivity index (χ1v) is 9.26. The van der Waals surface area contributed by atoms with Crippen LogP contribution in [0.1, 0.15) is 31.8 Å². The van der Waals surface area contributed by atoms with Crippen LogP contribution in [0.25, 0.3) is 0 Å². The molecule has 0 radical (unpaired) electrons. The van der Waals surface area contributed by atoms with E-state index in [1.165, 1.54) is 12.1 Å². The molecular formula is C21H14ClN3O5. The number of benzene rings is 2. The van der Waals surface area contributed by atoms with E-state index in [0.717, 1.165) is 16.5 Å². The highest BCUT2D eigenvalue weighted by Gasteiger charge is 2.37. The summed E-state index contributed by atoms with van der Waals surface area (Å²) in [7, 11) is 0. The quantitative estimate of drug-likeness (QED) is 0.337. The van der Waals surface area contributed by atoms with Crippen molar-refractivity contribution in [3.8, 4) is 5.75 Å². The average molecular weight is 424 g/mol. The van der Waals surface area contributed by atoms with Gasteiger partial charge in [-0.05, 0) is 30.3 Å². The average Bonchev–Trinajstić information content (AvgIpc) is 2.98. The molecule has 2 amide bonds. The summed E-state index contributed by atoms with van der Waals surface area (Å²) in [5, 5.41) is 11.4. The molecule has 0 saturated heterocycles. The number of nitro benzene ring substituents is 1.